The van der Waals surface area contributed by atoms with Gasteiger partial charge in [0.05, 0.1) is 6.04 Å². The first kappa shape index (κ1) is 16.2. The van der Waals surface area contributed by atoms with E-state index in [9.17, 15) is 10.2 Å². The molecule has 1 aliphatic heterocycles. The average molecular weight is 311 g/mol. The second-order valence-electron chi connectivity index (χ2n) is 6.30. The quantitative estimate of drug-likeness (QED) is 0.890. The van der Waals surface area contributed by atoms with Gasteiger partial charge in [0.1, 0.15) is 12.2 Å². The van der Waals surface area contributed by atoms with Crippen LogP contribution in [0.4, 0.5) is 0 Å². The van der Waals surface area contributed by atoms with Crippen molar-refractivity contribution in [3.63, 3.8) is 0 Å². The van der Waals surface area contributed by atoms with E-state index >= 15 is 0 Å². The van der Waals surface area contributed by atoms with Crippen LogP contribution in [0, 0.1) is 0 Å². The van der Waals surface area contributed by atoms with Gasteiger partial charge in [-0.05, 0) is 37.1 Å². The molecule has 122 valence electrons. The fourth-order valence-corrected chi connectivity index (χ4v) is 3.49. The highest BCUT2D eigenvalue weighted by molar-refractivity contribution is 5.24. The molecule has 3 atom stereocenters. The van der Waals surface area contributed by atoms with Gasteiger partial charge in [0.15, 0.2) is 0 Å². The molecule has 3 heteroatoms. The second-order valence-corrected chi connectivity index (χ2v) is 6.30. The van der Waals surface area contributed by atoms with Crippen LogP contribution in [0.15, 0.2) is 60.7 Å². The molecule has 0 aromatic heterocycles. The number of likely N-dealkylation sites (tertiary alicyclic amines) is 1. The molecule has 1 heterocycles. The highest BCUT2D eigenvalue weighted by Crippen LogP contribution is 2.33. The molecule has 1 saturated heterocycles. The largest absolute Gasteiger partial charge is 0.388 e. The van der Waals surface area contributed by atoms with E-state index in [1.807, 2.05) is 60.7 Å². The van der Waals surface area contributed by atoms with Gasteiger partial charge in [-0.3, -0.25) is 4.90 Å². The standard InChI is InChI=1S/C20H25NO2/c22-19(17-12-6-2-7-13-17)20(23)18(16-10-4-1-5-11-16)21-14-8-3-9-15-21/h1-2,4-7,10-13,18-20,22-23H,3,8-9,14-15H2/t18-,19-,20-/m1/s1. The second kappa shape index (κ2) is 7.73. The van der Waals surface area contributed by atoms with Gasteiger partial charge in [0, 0.05) is 0 Å². The Morgan fingerprint density at radius 3 is 1.78 bits per heavy atom. The van der Waals surface area contributed by atoms with Gasteiger partial charge in [0.2, 0.25) is 0 Å². The van der Waals surface area contributed by atoms with E-state index in [1.54, 1.807) is 0 Å². The molecule has 3 rings (SSSR count). The molecule has 1 aliphatic rings. The summed E-state index contributed by atoms with van der Waals surface area (Å²) in [6.45, 7) is 1.94. The zero-order valence-electron chi connectivity index (χ0n) is 13.4. The number of hydrogen-bond acceptors (Lipinski definition) is 3. The Morgan fingerprint density at radius 1 is 0.696 bits per heavy atom. The fourth-order valence-electron chi connectivity index (χ4n) is 3.49. The molecule has 0 saturated carbocycles. The normalized spacial score (nSPS) is 19.9. The van der Waals surface area contributed by atoms with E-state index in [1.165, 1.54) is 6.42 Å². The van der Waals surface area contributed by atoms with Crippen LogP contribution in [-0.2, 0) is 0 Å². The minimum Gasteiger partial charge on any atom is -0.388 e. The maximum atomic E-state index is 10.9. The Hall–Kier alpha value is -1.68. The number of benzene rings is 2. The van der Waals surface area contributed by atoms with Crippen molar-refractivity contribution in [3.8, 4) is 0 Å². The first-order valence-corrected chi connectivity index (χ1v) is 8.47. The lowest BCUT2D eigenvalue weighted by atomic mass is 9.91. The predicted molar refractivity (Wildman–Crippen MR) is 92.0 cm³/mol. The van der Waals surface area contributed by atoms with Crippen LogP contribution < -0.4 is 0 Å². The van der Waals surface area contributed by atoms with Crippen LogP contribution in [0.2, 0.25) is 0 Å². The van der Waals surface area contributed by atoms with Crippen molar-refractivity contribution >= 4 is 0 Å². The van der Waals surface area contributed by atoms with Crippen molar-refractivity contribution in [2.45, 2.75) is 37.5 Å². The maximum absolute atomic E-state index is 10.9. The van der Waals surface area contributed by atoms with Gasteiger partial charge in [0.25, 0.3) is 0 Å². The third-order valence-corrected chi connectivity index (χ3v) is 4.71. The zero-order valence-corrected chi connectivity index (χ0v) is 13.4. The van der Waals surface area contributed by atoms with Crippen LogP contribution in [0.3, 0.4) is 0 Å². The summed E-state index contributed by atoms with van der Waals surface area (Å²) >= 11 is 0. The lowest BCUT2D eigenvalue weighted by molar-refractivity contribution is -0.0461. The topological polar surface area (TPSA) is 43.7 Å². The molecule has 0 unspecified atom stereocenters. The van der Waals surface area contributed by atoms with Gasteiger partial charge in [-0.25, -0.2) is 0 Å². The summed E-state index contributed by atoms with van der Waals surface area (Å²) in [5, 5.41) is 21.6. The number of rotatable bonds is 5. The summed E-state index contributed by atoms with van der Waals surface area (Å²) in [4.78, 5) is 2.32. The summed E-state index contributed by atoms with van der Waals surface area (Å²) in [7, 11) is 0. The molecule has 2 aromatic rings. The Morgan fingerprint density at radius 2 is 1.22 bits per heavy atom. The van der Waals surface area contributed by atoms with E-state index in [-0.39, 0.29) is 6.04 Å². The van der Waals surface area contributed by atoms with Gasteiger partial charge < -0.3 is 10.2 Å². The fraction of sp³-hybridized carbons (Fsp3) is 0.400. The number of piperidine rings is 1. The Kier molecular flexibility index (Phi) is 5.44. The van der Waals surface area contributed by atoms with Crippen molar-refractivity contribution in [1.82, 2.24) is 4.90 Å². The van der Waals surface area contributed by atoms with Crippen molar-refractivity contribution < 1.29 is 10.2 Å². The summed E-state index contributed by atoms with van der Waals surface area (Å²) in [5.74, 6) is 0. The summed E-state index contributed by atoms with van der Waals surface area (Å²) in [5.41, 5.74) is 1.83. The van der Waals surface area contributed by atoms with Crippen LogP contribution >= 0.6 is 0 Å². The Bertz CT molecular complexity index is 581. The first-order valence-electron chi connectivity index (χ1n) is 8.47. The highest BCUT2D eigenvalue weighted by atomic mass is 16.3. The number of aliphatic hydroxyl groups is 2. The van der Waals surface area contributed by atoms with E-state index in [2.05, 4.69) is 4.90 Å². The van der Waals surface area contributed by atoms with Gasteiger partial charge in [-0.1, -0.05) is 67.1 Å². The van der Waals surface area contributed by atoms with Crippen LogP contribution in [0.1, 0.15) is 42.5 Å². The molecule has 2 aromatic carbocycles. The minimum absolute atomic E-state index is 0.174. The molecule has 0 bridgehead atoms. The van der Waals surface area contributed by atoms with Crippen LogP contribution in [0.5, 0.6) is 0 Å². The smallest absolute Gasteiger partial charge is 0.107 e. The first-order chi connectivity index (χ1) is 11.3. The Balaban J connectivity index is 1.87. The monoisotopic (exact) mass is 311 g/mol. The lowest BCUT2D eigenvalue weighted by Crippen LogP contribution is -2.42. The highest BCUT2D eigenvalue weighted by Gasteiger charge is 2.33. The Labute approximate surface area is 138 Å². The molecule has 23 heavy (non-hydrogen) atoms. The molecule has 0 amide bonds. The minimum atomic E-state index is -0.886. The summed E-state index contributed by atoms with van der Waals surface area (Å²) < 4.78 is 0. The molecule has 1 fully saturated rings. The van der Waals surface area contributed by atoms with Gasteiger partial charge in [-0.15, -0.1) is 0 Å². The summed E-state index contributed by atoms with van der Waals surface area (Å²) in [6, 6.07) is 19.3. The van der Waals surface area contributed by atoms with E-state index < -0.39 is 12.2 Å². The number of aliphatic hydroxyl groups excluding tert-OH is 2. The molecule has 0 aliphatic carbocycles. The lowest BCUT2D eigenvalue weighted by Gasteiger charge is -2.39. The van der Waals surface area contributed by atoms with Gasteiger partial charge in [-0.2, -0.15) is 0 Å². The number of nitrogens with zero attached hydrogens (tertiary/aromatic N) is 1. The third kappa shape index (κ3) is 3.81. The SMILES string of the molecule is O[C@@H]([C@H](O)c1ccccc1)[C@@H](c1ccccc1)N1CCCCC1. The average Bonchev–Trinajstić information content (AvgIpc) is 2.64. The van der Waals surface area contributed by atoms with E-state index in [0.29, 0.717) is 0 Å². The molecule has 3 nitrogen and oxygen atoms in total. The number of hydrogen-bond donors (Lipinski definition) is 2. The van der Waals surface area contributed by atoms with Crippen LogP contribution in [-0.4, -0.2) is 34.3 Å². The van der Waals surface area contributed by atoms with Crippen molar-refractivity contribution in [2.75, 3.05) is 13.1 Å². The predicted octanol–water partition coefficient (Wildman–Crippen LogP) is 3.31. The van der Waals surface area contributed by atoms with Crippen molar-refractivity contribution in [2.24, 2.45) is 0 Å². The molecule has 0 spiro atoms. The molecule has 2 N–H and O–H groups in total. The van der Waals surface area contributed by atoms with Gasteiger partial charge >= 0.3 is 0 Å². The molecular formula is C20H25NO2. The third-order valence-electron chi connectivity index (χ3n) is 4.71. The van der Waals surface area contributed by atoms with Crippen molar-refractivity contribution in [3.05, 3.63) is 71.8 Å². The molecular weight excluding hydrogens is 286 g/mol. The zero-order chi connectivity index (χ0) is 16.1. The van der Waals surface area contributed by atoms with Crippen LogP contribution in [0.25, 0.3) is 0 Å². The van der Waals surface area contributed by atoms with E-state index in [4.69, 9.17) is 0 Å². The molecule has 0 radical (unpaired) electrons. The van der Waals surface area contributed by atoms with Crippen molar-refractivity contribution in [1.29, 1.82) is 0 Å². The summed E-state index contributed by atoms with van der Waals surface area (Å²) in [6.07, 6.45) is 1.81. The maximum Gasteiger partial charge on any atom is 0.107 e. The van der Waals surface area contributed by atoms with E-state index in [0.717, 1.165) is 37.1 Å².